The third-order valence-electron chi connectivity index (χ3n) is 2.76. The number of aryl methyl sites for hydroxylation is 1. The third-order valence-corrected chi connectivity index (χ3v) is 3.38. The average Bonchev–Trinajstić information content (AvgIpc) is 2.87. The van der Waals surface area contributed by atoms with Crippen LogP contribution in [-0.4, -0.2) is 22.7 Å². The number of hydrogen-bond donors (Lipinski definition) is 0. The molecule has 2 rings (SSSR count). The van der Waals surface area contributed by atoms with Gasteiger partial charge >= 0.3 is 0 Å². The summed E-state index contributed by atoms with van der Waals surface area (Å²) in [4.78, 5) is 12.3. The first-order valence-corrected chi connectivity index (χ1v) is 6.85. The monoisotopic (exact) mass is 322 g/mol. The summed E-state index contributed by atoms with van der Waals surface area (Å²) < 4.78 is 7.70. The maximum absolute atomic E-state index is 12.3. The van der Waals surface area contributed by atoms with E-state index in [1.54, 1.807) is 42.4 Å². The predicted molar refractivity (Wildman–Crippen MR) is 76.6 cm³/mol. The van der Waals surface area contributed by atoms with Crippen LogP contribution in [-0.2, 0) is 6.54 Å². The van der Waals surface area contributed by atoms with Crippen LogP contribution in [0.1, 0.15) is 29.3 Å². The highest BCUT2D eigenvalue weighted by Crippen LogP contribution is 2.26. The van der Waals surface area contributed by atoms with Gasteiger partial charge in [-0.05, 0) is 40.5 Å². The van der Waals surface area contributed by atoms with Gasteiger partial charge in [0.15, 0.2) is 5.78 Å². The summed E-state index contributed by atoms with van der Waals surface area (Å²) in [7, 11) is 1.59. The lowest BCUT2D eigenvalue weighted by atomic mass is 10.1. The minimum Gasteiger partial charge on any atom is -0.496 e. The van der Waals surface area contributed by atoms with Crippen molar-refractivity contribution in [2.45, 2.75) is 19.9 Å². The fraction of sp³-hybridized carbons (Fsp3) is 0.286. The highest BCUT2D eigenvalue weighted by atomic mass is 79.9. The summed E-state index contributed by atoms with van der Waals surface area (Å²) >= 11 is 3.38. The van der Waals surface area contributed by atoms with Crippen LogP contribution >= 0.6 is 15.9 Å². The number of benzene rings is 1. The Morgan fingerprint density at radius 2 is 2.21 bits per heavy atom. The molecule has 0 N–H and O–H groups in total. The van der Waals surface area contributed by atoms with Crippen molar-refractivity contribution in [3.63, 3.8) is 0 Å². The first-order valence-electron chi connectivity index (χ1n) is 6.06. The van der Waals surface area contributed by atoms with Gasteiger partial charge in [-0.25, -0.2) is 0 Å². The summed E-state index contributed by atoms with van der Waals surface area (Å²) in [5.41, 5.74) is 1.22. The first-order chi connectivity index (χ1) is 9.15. The molecule has 4 nitrogen and oxygen atoms in total. The molecule has 0 atom stereocenters. The van der Waals surface area contributed by atoms with Gasteiger partial charge in [-0.15, -0.1) is 0 Å². The van der Waals surface area contributed by atoms with E-state index in [0.717, 1.165) is 17.4 Å². The Hall–Kier alpha value is -1.62. The molecule has 0 aliphatic carbocycles. The fourth-order valence-corrected chi connectivity index (χ4v) is 2.35. The molecule has 0 aliphatic rings. The summed E-state index contributed by atoms with van der Waals surface area (Å²) in [6.45, 7) is 2.89. The van der Waals surface area contributed by atoms with E-state index in [1.165, 1.54) is 0 Å². The number of rotatable bonds is 5. The number of aromatic nitrogens is 2. The van der Waals surface area contributed by atoms with E-state index in [9.17, 15) is 4.79 Å². The molecule has 0 radical (unpaired) electrons. The minimum absolute atomic E-state index is 0.0364. The Morgan fingerprint density at radius 1 is 1.42 bits per heavy atom. The van der Waals surface area contributed by atoms with Crippen LogP contribution < -0.4 is 4.74 Å². The van der Waals surface area contributed by atoms with Crippen LogP contribution in [0.25, 0.3) is 0 Å². The summed E-state index contributed by atoms with van der Waals surface area (Å²) in [5, 5.41) is 4.17. The van der Waals surface area contributed by atoms with E-state index in [1.807, 2.05) is 0 Å². The number of ether oxygens (including phenoxy) is 1. The van der Waals surface area contributed by atoms with Crippen LogP contribution in [0.2, 0.25) is 0 Å². The van der Waals surface area contributed by atoms with Crippen molar-refractivity contribution < 1.29 is 9.53 Å². The van der Waals surface area contributed by atoms with Crippen molar-refractivity contribution in [2.24, 2.45) is 0 Å². The molecule has 100 valence electrons. The molecule has 0 bridgehead atoms. The Morgan fingerprint density at radius 3 is 2.84 bits per heavy atom. The van der Waals surface area contributed by atoms with Crippen molar-refractivity contribution in [3.05, 3.63) is 46.2 Å². The molecule has 0 saturated heterocycles. The van der Waals surface area contributed by atoms with Gasteiger partial charge in [-0.1, -0.05) is 6.92 Å². The smallest absolute Gasteiger partial charge is 0.196 e. The van der Waals surface area contributed by atoms with E-state index in [2.05, 4.69) is 28.0 Å². The maximum Gasteiger partial charge on any atom is 0.196 e. The number of carbonyl (C=O) groups is 1. The lowest BCUT2D eigenvalue weighted by molar-refractivity contribution is 0.103. The van der Waals surface area contributed by atoms with Crippen LogP contribution in [0.15, 0.2) is 35.1 Å². The molecule has 2 aromatic rings. The zero-order valence-electron chi connectivity index (χ0n) is 10.9. The molecule has 0 saturated carbocycles. The average molecular weight is 323 g/mol. The summed E-state index contributed by atoms with van der Waals surface area (Å²) in [6.07, 6.45) is 4.38. The summed E-state index contributed by atoms with van der Waals surface area (Å²) in [6, 6.07) is 5.29. The molecule has 1 aromatic heterocycles. The highest BCUT2D eigenvalue weighted by Gasteiger charge is 2.13. The number of methoxy groups -OCH3 is 1. The summed E-state index contributed by atoms with van der Waals surface area (Å²) in [5.74, 6) is 0.670. The predicted octanol–water partition coefficient (Wildman–Crippen LogP) is 3.30. The number of carbonyl (C=O) groups excluding carboxylic acids is 1. The fourth-order valence-electron chi connectivity index (χ4n) is 1.81. The molecule has 1 aromatic carbocycles. The number of hydrogen-bond acceptors (Lipinski definition) is 3. The van der Waals surface area contributed by atoms with E-state index in [-0.39, 0.29) is 5.78 Å². The van der Waals surface area contributed by atoms with Crippen LogP contribution in [0, 0.1) is 0 Å². The van der Waals surface area contributed by atoms with E-state index in [0.29, 0.717) is 16.9 Å². The quantitative estimate of drug-likeness (QED) is 0.793. The lowest BCUT2D eigenvalue weighted by Gasteiger charge is -2.04. The Balaban J connectivity index is 2.25. The first kappa shape index (κ1) is 13.8. The topological polar surface area (TPSA) is 44.1 Å². The number of ketones is 1. The normalized spacial score (nSPS) is 10.5. The number of nitrogens with zero attached hydrogens (tertiary/aromatic N) is 2. The van der Waals surface area contributed by atoms with E-state index < -0.39 is 0 Å². The second-order valence-corrected chi connectivity index (χ2v) is 5.02. The molecule has 1 heterocycles. The van der Waals surface area contributed by atoms with Crippen molar-refractivity contribution in [2.75, 3.05) is 7.11 Å². The van der Waals surface area contributed by atoms with Gasteiger partial charge in [0.1, 0.15) is 5.75 Å². The second-order valence-electron chi connectivity index (χ2n) is 4.17. The molecule has 0 amide bonds. The van der Waals surface area contributed by atoms with Gasteiger partial charge in [-0.2, -0.15) is 5.10 Å². The van der Waals surface area contributed by atoms with Crippen LogP contribution in [0.3, 0.4) is 0 Å². The molecule has 0 fully saturated rings. The van der Waals surface area contributed by atoms with Crippen molar-refractivity contribution in [1.82, 2.24) is 9.78 Å². The third kappa shape index (κ3) is 3.04. The van der Waals surface area contributed by atoms with Crippen LogP contribution in [0.5, 0.6) is 5.75 Å². The van der Waals surface area contributed by atoms with E-state index in [4.69, 9.17) is 4.74 Å². The van der Waals surface area contributed by atoms with Crippen LogP contribution in [0.4, 0.5) is 0 Å². The molecular formula is C14H15BrN2O2. The van der Waals surface area contributed by atoms with Gasteiger partial charge in [0.25, 0.3) is 0 Å². The molecule has 0 aliphatic heterocycles. The Labute approximate surface area is 120 Å². The molecule has 5 heteroatoms. The standard InChI is InChI=1S/C14H15BrN2O2/c1-3-6-17-9-11(8-16-17)14(18)10-4-5-13(19-2)12(15)7-10/h4-5,7-9H,3,6H2,1-2H3. The Bertz CT molecular complexity index is 593. The molecular weight excluding hydrogens is 308 g/mol. The Kier molecular flexibility index (Phi) is 4.37. The second kappa shape index (κ2) is 6.02. The van der Waals surface area contributed by atoms with Gasteiger partial charge in [-0.3, -0.25) is 9.48 Å². The van der Waals surface area contributed by atoms with Gasteiger partial charge in [0, 0.05) is 18.3 Å². The molecule has 19 heavy (non-hydrogen) atoms. The highest BCUT2D eigenvalue weighted by molar-refractivity contribution is 9.10. The maximum atomic E-state index is 12.3. The molecule has 0 spiro atoms. The van der Waals surface area contributed by atoms with Gasteiger partial charge < -0.3 is 4.74 Å². The van der Waals surface area contributed by atoms with Crippen molar-refractivity contribution in [3.8, 4) is 5.75 Å². The molecule has 0 unspecified atom stereocenters. The SMILES string of the molecule is CCCn1cc(C(=O)c2ccc(OC)c(Br)c2)cn1. The van der Waals surface area contributed by atoms with Crippen molar-refractivity contribution >= 4 is 21.7 Å². The van der Waals surface area contributed by atoms with Gasteiger partial charge in [0.2, 0.25) is 0 Å². The lowest BCUT2D eigenvalue weighted by Crippen LogP contribution is -2.01. The largest absolute Gasteiger partial charge is 0.496 e. The number of halogens is 1. The zero-order chi connectivity index (χ0) is 13.8. The van der Waals surface area contributed by atoms with E-state index >= 15 is 0 Å². The van der Waals surface area contributed by atoms with Crippen molar-refractivity contribution in [1.29, 1.82) is 0 Å². The zero-order valence-corrected chi connectivity index (χ0v) is 12.5. The van der Waals surface area contributed by atoms with Gasteiger partial charge in [0.05, 0.1) is 23.3 Å². The minimum atomic E-state index is -0.0364.